The van der Waals surface area contributed by atoms with Crippen LogP contribution in [0.4, 0.5) is 19.0 Å². The number of rotatable bonds is 1. The van der Waals surface area contributed by atoms with Crippen LogP contribution >= 0.6 is 0 Å². The van der Waals surface area contributed by atoms with Crippen molar-refractivity contribution in [3.8, 4) is 0 Å². The van der Waals surface area contributed by atoms with Gasteiger partial charge in [-0.15, -0.1) is 0 Å². The first kappa shape index (κ1) is 14.7. The van der Waals surface area contributed by atoms with Crippen molar-refractivity contribution in [1.29, 1.82) is 0 Å². The second-order valence-corrected chi connectivity index (χ2v) is 3.36. The summed E-state index contributed by atoms with van der Waals surface area (Å²) in [6.45, 7) is 7.53. The van der Waals surface area contributed by atoms with Crippen molar-refractivity contribution in [2.45, 2.75) is 39.8 Å². The summed E-state index contributed by atoms with van der Waals surface area (Å²) in [5.41, 5.74) is 4.90. The van der Waals surface area contributed by atoms with E-state index in [9.17, 15) is 13.2 Å². The predicted octanol–water partition coefficient (Wildman–Crippen LogP) is 3.83. The van der Waals surface area contributed by atoms with E-state index in [0.29, 0.717) is 5.69 Å². The summed E-state index contributed by atoms with van der Waals surface area (Å²) < 4.78 is 37.0. The normalized spacial score (nSPS) is 11.0. The molecule has 0 radical (unpaired) electrons. The molecule has 5 heteroatoms. The van der Waals surface area contributed by atoms with E-state index in [0.717, 1.165) is 12.1 Å². The molecule has 0 spiro atoms. The number of aromatic nitrogens is 1. The molecule has 16 heavy (non-hydrogen) atoms. The minimum absolute atomic E-state index is 0.0698. The zero-order valence-electron chi connectivity index (χ0n) is 9.89. The smallest absolute Gasteiger partial charge is 0.384 e. The standard InChI is InChI=1S/C9H11F3N2.C2H6/c1-5(2)7-3-6(9(10,11)12)4-8(13)14-7;1-2/h3-5H,1-2H3,(H2,13,14);1-2H3. The molecule has 1 rings (SSSR count). The van der Waals surface area contributed by atoms with Gasteiger partial charge in [0.05, 0.1) is 5.56 Å². The van der Waals surface area contributed by atoms with Gasteiger partial charge in [0.15, 0.2) is 0 Å². The first-order chi connectivity index (χ1) is 7.30. The van der Waals surface area contributed by atoms with E-state index in [1.807, 2.05) is 13.8 Å². The molecule has 0 aliphatic heterocycles. The van der Waals surface area contributed by atoms with Crippen LogP contribution in [-0.4, -0.2) is 4.98 Å². The molecule has 0 unspecified atom stereocenters. The number of nitrogen functional groups attached to an aromatic ring is 1. The van der Waals surface area contributed by atoms with Crippen molar-refractivity contribution in [1.82, 2.24) is 4.98 Å². The lowest BCUT2D eigenvalue weighted by atomic mass is 10.1. The fraction of sp³-hybridized carbons (Fsp3) is 0.545. The van der Waals surface area contributed by atoms with Crippen LogP contribution in [0.15, 0.2) is 12.1 Å². The summed E-state index contributed by atoms with van der Waals surface area (Å²) >= 11 is 0. The number of hydrogen-bond acceptors (Lipinski definition) is 2. The molecule has 0 aliphatic rings. The van der Waals surface area contributed by atoms with E-state index in [-0.39, 0.29) is 11.7 Å². The van der Waals surface area contributed by atoms with Gasteiger partial charge in [0.1, 0.15) is 5.82 Å². The lowest BCUT2D eigenvalue weighted by Crippen LogP contribution is -2.09. The number of nitrogens with two attached hydrogens (primary N) is 1. The minimum Gasteiger partial charge on any atom is -0.384 e. The Kier molecular flexibility index (Phi) is 5.27. The summed E-state index contributed by atoms with van der Waals surface area (Å²) in [6, 6.07) is 1.87. The fourth-order valence-electron chi connectivity index (χ4n) is 1.03. The summed E-state index contributed by atoms with van der Waals surface area (Å²) in [5.74, 6) is -0.164. The minimum atomic E-state index is -4.36. The van der Waals surface area contributed by atoms with Gasteiger partial charge in [-0.05, 0) is 18.1 Å². The molecule has 0 fully saturated rings. The highest BCUT2D eigenvalue weighted by Gasteiger charge is 2.31. The Morgan fingerprint density at radius 3 is 2.06 bits per heavy atom. The molecule has 1 aromatic heterocycles. The van der Waals surface area contributed by atoms with Crippen molar-refractivity contribution in [2.24, 2.45) is 0 Å². The summed E-state index contributed by atoms with van der Waals surface area (Å²) in [6.07, 6.45) is -4.36. The van der Waals surface area contributed by atoms with Gasteiger partial charge in [0.25, 0.3) is 0 Å². The van der Waals surface area contributed by atoms with E-state index in [1.54, 1.807) is 13.8 Å². The molecule has 0 aliphatic carbocycles. The number of hydrogen-bond donors (Lipinski definition) is 1. The van der Waals surface area contributed by atoms with Crippen molar-refractivity contribution < 1.29 is 13.2 Å². The number of pyridine rings is 1. The second kappa shape index (κ2) is 5.72. The van der Waals surface area contributed by atoms with Gasteiger partial charge < -0.3 is 5.73 Å². The molecular formula is C11H17F3N2. The number of nitrogens with zero attached hydrogens (tertiary/aromatic N) is 1. The number of alkyl halides is 3. The van der Waals surface area contributed by atoms with E-state index in [4.69, 9.17) is 5.73 Å². The Morgan fingerprint density at radius 1 is 1.19 bits per heavy atom. The van der Waals surface area contributed by atoms with Gasteiger partial charge in [-0.3, -0.25) is 0 Å². The van der Waals surface area contributed by atoms with Gasteiger partial charge >= 0.3 is 6.18 Å². The Balaban J connectivity index is 0.00000106. The molecule has 1 heterocycles. The Morgan fingerprint density at radius 2 is 1.69 bits per heavy atom. The molecule has 0 bridgehead atoms. The number of anilines is 1. The molecule has 0 saturated heterocycles. The third-order valence-electron chi connectivity index (χ3n) is 1.78. The molecule has 0 saturated carbocycles. The summed E-state index contributed by atoms with van der Waals surface area (Å²) in [7, 11) is 0. The van der Waals surface area contributed by atoms with Gasteiger partial charge in [0, 0.05) is 5.69 Å². The lowest BCUT2D eigenvalue weighted by Gasteiger charge is -2.11. The molecule has 0 aromatic carbocycles. The van der Waals surface area contributed by atoms with Crippen LogP contribution in [0.3, 0.4) is 0 Å². The average molecular weight is 234 g/mol. The zero-order chi connectivity index (χ0) is 12.9. The Labute approximate surface area is 93.7 Å². The van der Waals surface area contributed by atoms with Crippen LogP contribution < -0.4 is 5.73 Å². The van der Waals surface area contributed by atoms with Crippen LogP contribution in [0.25, 0.3) is 0 Å². The van der Waals surface area contributed by atoms with Gasteiger partial charge in [0.2, 0.25) is 0 Å². The molecule has 92 valence electrons. The average Bonchev–Trinajstić information content (AvgIpc) is 2.18. The first-order valence-corrected chi connectivity index (χ1v) is 5.15. The van der Waals surface area contributed by atoms with E-state index in [1.165, 1.54) is 0 Å². The van der Waals surface area contributed by atoms with Crippen LogP contribution in [-0.2, 0) is 6.18 Å². The molecule has 1 aromatic rings. The molecule has 0 amide bonds. The van der Waals surface area contributed by atoms with Crippen LogP contribution in [0.1, 0.15) is 44.9 Å². The van der Waals surface area contributed by atoms with Crippen molar-refractivity contribution >= 4 is 5.82 Å². The van der Waals surface area contributed by atoms with Gasteiger partial charge in [-0.1, -0.05) is 27.7 Å². The molecule has 0 atom stereocenters. The highest BCUT2D eigenvalue weighted by molar-refractivity contribution is 5.37. The van der Waals surface area contributed by atoms with Crippen molar-refractivity contribution in [2.75, 3.05) is 5.73 Å². The lowest BCUT2D eigenvalue weighted by molar-refractivity contribution is -0.137. The molecule has 2 nitrogen and oxygen atoms in total. The SMILES string of the molecule is CC.CC(C)c1cc(C(F)(F)F)cc(N)n1. The van der Waals surface area contributed by atoms with E-state index in [2.05, 4.69) is 4.98 Å². The van der Waals surface area contributed by atoms with Gasteiger partial charge in [-0.2, -0.15) is 13.2 Å². The van der Waals surface area contributed by atoms with Crippen molar-refractivity contribution in [3.05, 3.63) is 23.4 Å². The Hall–Kier alpha value is -1.26. The van der Waals surface area contributed by atoms with Crippen LogP contribution in [0.2, 0.25) is 0 Å². The number of halogens is 3. The monoisotopic (exact) mass is 234 g/mol. The highest BCUT2D eigenvalue weighted by Crippen LogP contribution is 2.31. The highest BCUT2D eigenvalue weighted by atomic mass is 19.4. The fourth-order valence-corrected chi connectivity index (χ4v) is 1.03. The third-order valence-corrected chi connectivity index (χ3v) is 1.78. The van der Waals surface area contributed by atoms with Crippen LogP contribution in [0.5, 0.6) is 0 Å². The topological polar surface area (TPSA) is 38.9 Å². The van der Waals surface area contributed by atoms with Gasteiger partial charge in [-0.25, -0.2) is 4.98 Å². The van der Waals surface area contributed by atoms with Crippen LogP contribution in [0, 0.1) is 0 Å². The maximum absolute atomic E-state index is 12.3. The zero-order valence-corrected chi connectivity index (χ0v) is 9.89. The maximum atomic E-state index is 12.3. The summed E-state index contributed by atoms with van der Waals surface area (Å²) in [5, 5.41) is 0. The third kappa shape index (κ3) is 4.08. The quantitative estimate of drug-likeness (QED) is 0.802. The second-order valence-electron chi connectivity index (χ2n) is 3.36. The Bertz CT molecular complexity index is 332. The largest absolute Gasteiger partial charge is 0.416 e. The van der Waals surface area contributed by atoms with Crippen molar-refractivity contribution in [3.63, 3.8) is 0 Å². The van der Waals surface area contributed by atoms with E-state index >= 15 is 0 Å². The van der Waals surface area contributed by atoms with E-state index < -0.39 is 11.7 Å². The first-order valence-electron chi connectivity index (χ1n) is 5.15. The molecule has 2 N–H and O–H groups in total. The molecular weight excluding hydrogens is 217 g/mol. The maximum Gasteiger partial charge on any atom is 0.416 e. The summed E-state index contributed by atoms with van der Waals surface area (Å²) in [4.78, 5) is 3.82. The predicted molar refractivity (Wildman–Crippen MR) is 59.1 cm³/mol.